The molecule has 1 heteroatoms. The first-order valence-corrected chi connectivity index (χ1v) is 6.73. The monoisotopic (exact) mass is 250 g/mol. The molecule has 19 heavy (non-hydrogen) atoms. The lowest BCUT2D eigenvalue weighted by molar-refractivity contribution is 0.0316. The predicted molar refractivity (Wildman–Crippen MR) is 79.6 cm³/mol. The Morgan fingerprint density at radius 2 is 1.21 bits per heavy atom. The smallest absolute Gasteiger partial charge is 0.118 e. The fourth-order valence-corrected chi connectivity index (χ4v) is 2.93. The Morgan fingerprint density at radius 1 is 0.789 bits per heavy atom. The molecule has 0 unspecified atom stereocenters. The van der Waals surface area contributed by atoms with Crippen LogP contribution < -0.4 is 0 Å². The van der Waals surface area contributed by atoms with E-state index in [9.17, 15) is 5.11 Å². The molecule has 0 fully saturated rings. The van der Waals surface area contributed by atoms with E-state index < -0.39 is 5.60 Å². The van der Waals surface area contributed by atoms with Crippen LogP contribution in [0, 0.1) is 5.92 Å². The minimum absolute atomic E-state index is 0.106. The van der Waals surface area contributed by atoms with Gasteiger partial charge in [0.25, 0.3) is 0 Å². The SMILES string of the molecule is CC(C)C1(O)c2ccccc2C=Cc2ccccc21. The van der Waals surface area contributed by atoms with Crippen LogP contribution in [0.3, 0.4) is 0 Å². The van der Waals surface area contributed by atoms with Crippen LogP contribution in [-0.4, -0.2) is 5.11 Å². The van der Waals surface area contributed by atoms with Crippen LogP contribution in [0.1, 0.15) is 36.1 Å². The summed E-state index contributed by atoms with van der Waals surface area (Å²) in [5, 5.41) is 11.4. The zero-order chi connectivity index (χ0) is 13.5. The summed E-state index contributed by atoms with van der Waals surface area (Å²) >= 11 is 0. The third-order valence-electron chi connectivity index (χ3n) is 4.02. The second-order valence-electron chi connectivity index (χ2n) is 5.43. The maximum atomic E-state index is 11.4. The molecule has 1 nitrogen and oxygen atoms in total. The molecule has 0 heterocycles. The first-order valence-electron chi connectivity index (χ1n) is 6.73. The summed E-state index contributed by atoms with van der Waals surface area (Å²) in [5.74, 6) is 0.106. The third-order valence-corrected chi connectivity index (χ3v) is 4.02. The van der Waals surface area contributed by atoms with Crippen LogP contribution in [0.4, 0.5) is 0 Å². The first-order chi connectivity index (χ1) is 9.14. The molecule has 2 aromatic rings. The van der Waals surface area contributed by atoms with Crippen LogP contribution in [0.2, 0.25) is 0 Å². The summed E-state index contributed by atoms with van der Waals surface area (Å²) in [6.07, 6.45) is 4.18. The molecule has 1 aliphatic carbocycles. The molecule has 0 saturated heterocycles. The Morgan fingerprint density at radius 3 is 1.63 bits per heavy atom. The Bertz CT molecular complexity index is 588. The van der Waals surface area contributed by atoms with Crippen molar-refractivity contribution in [1.29, 1.82) is 0 Å². The van der Waals surface area contributed by atoms with Crippen LogP contribution in [0.25, 0.3) is 12.2 Å². The highest BCUT2D eigenvalue weighted by atomic mass is 16.3. The molecule has 1 N–H and O–H groups in total. The van der Waals surface area contributed by atoms with Crippen molar-refractivity contribution in [2.75, 3.05) is 0 Å². The van der Waals surface area contributed by atoms with Crippen molar-refractivity contribution in [3.63, 3.8) is 0 Å². The van der Waals surface area contributed by atoms with Crippen molar-refractivity contribution in [2.45, 2.75) is 19.4 Å². The fraction of sp³-hybridized carbons (Fsp3) is 0.222. The highest BCUT2D eigenvalue weighted by Crippen LogP contribution is 2.42. The van der Waals surface area contributed by atoms with Crippen molar-refractivity contribution in [2.24, 2.45) is 5.92 Å². The molecular formula is C18H18O. The van der Waals surface area contributed by atoms with Gasteiger partial charge in [-0.2, -0.15) is 0 Å². The van der Waals surface area contributed by atoms with Crippen molar-refractivity contribution >= 4 is 12.2 Å². The molecular weight excluding hydrogens is 232 g/mol. The average Bonchev–Trinajstić information content (AvgIpc) is 2.56. The van der Waals surface area contributed by atoms with Crippen molar-refractivity contribution < 1.29 is 5.11 Å². The van der Waals surface area contributed by atoms with E-state index in [0.29, 0.717) is 0 Å². The highest BCUT2D eigenvalue weighted by Gasteiger charge is 2.38. The molecule has 0 aliphatic heterocycles. The molecule has 0 bridgehead atoms. The molecule has 0 amide bonds. The Labute approximate surface area is 114 Å². The molecule has 96 valence electrons. The van der Waals surface area contributed by atoms with E-state index in [4.69, 9.17) is 0 Å². The minimum atomic E-state index is -0.934. The number of aliphatic hydroxyl groups is 1. The lowest BCUT2D eigenvalue weighted by atomic mass is 9.75. The maximum Gasteiger partial charge on any atom is 0.118 e. The largest absolute Gasteiger partial charge is 0.380 e. The van der Waals surface area contributed by atoms with E-state index in [1.807, 2.05) is 36.4 Å². The van der Waals surface area contributed by atoms with Gasteiger partial charge in [-0.3, -0.25) is 0 Å². The van der Waals surface area contributed by atoms with Crippen molar-refractivity contribution in [3.05, 3.63) is 70.8 Å². The van der Waals surface area contributed by atoms with E-state index >= 15 is 0 Å². The highest BCUT2D eigenvalue weighted by molar-refractivity contribution is 5.77. The maximum absolute atomic E-state index is 11.4. The van der Waals surface area contributed by atoms with Crippen LogP contribution in [0.15, 0.2) is 48.5 Å². The van der Waals surface area contributed by atoms with Gasteiger partial charge in [-0.25, -0.2) is 0 Å². The summed E-state index contributed by atoms with van der Waals surface area (Å²) in [6.45, 7) is 4.14. The van der Waals surface area contributed by atoms with Crippen LogP contribution in [0.5, 0.6) is 0 Å². The van der Waals surface area contributed by atoms with E-state index in [0.717, 1.165) is 22.3 Å². The number of rotatable bonds is 1. The van der Waals surface area contributed by atoms with Crippen LogP contribution in [-0.2, 0) is 5.60 Å². The molecule has 0 aromatic heterocycles. The lowest BCUT2D eigenvalue weighted by Gasteiger charge is -2.34. The topological polar surface area (TPSA) is 20.2 Å². The summed E-state index contributed by atoms with van der Waals surface area (Å²) in [6, 6.07) is 16.2. The third kappa shape index (κ3) is 1.73. The predicted octanol–water partition coefficient (Wildman–Crippen LogP) is 4.06. The van der Waals surface area contributed by atoms with Gasteiger partial charge in [-0.05, 0) is 28.2 Å². The summed E-state index contributed by atoms with van der Waals surface area (Å²) < 4.78 is 0. The average molecular weight is 250 g/mol. The number of hydrogen-bond donors (Lipinski definition) is 1. The molecule has 3 rings (SSSR count). The normalized spacial score (nSPS) is 15.8. The van der Waals surface area contributed by atoms with E-state index in [1.165, 1.54) is 0 Å². The zero-order valence-corrected chi connectivity index (χ0v) is 11.3. The second kappa shape index (κ2) is 4.36. The Balaban J connectivity index is 2.37. The summed E-state index contributed by atoms with van der Waals surface area (Å²) in [7, 11) is 0. The summed E-state index contributed by atoms with van der Waals surface area (Å²) in [4.78, 5) is 0. The number of benzene rings is 2. The van der Waals surface area contributed by atoms with E-state index in [2.05, 4.69) is 38.1 Å². The molecule has 0 saturated carbocycles. The van der Waals surface area contributed by atoms with E-state index in [1.54, 1.807) is 0 Å². The van der Waals surface area contributed by atoms with Crippen molar-refractivity contribution in [1.82, 2.24) is 0 Å². The fourth-order valence-electron chi connectivity index (χ4n) is 2.93. The number of hydrogen-bond acceptors (Lipinski definition) is 1. The van der Waals surface area contributed by atoms with Gasteiger partial charge in [0.1, 0.15) is 5.60 Å². The van der Waals surface area contributed by atoms with Gasteiger partial charge in [0, 0.05) is 0 Å². The lowest BCUT2D eigenvalue weighted by Crippen LogP contribution is -2.34. The van der Waals surface area contributed by atoms with Gasteiger partial charge in [0.05, 0.1) is 0 Å². The van der Waals surface area contributed by atoms with Gasteiger partial charge in [0.2, 0.25) is 0 Å². The quantitative estimate of drug-likeness (QED) is 0.809. The molecule has 1 aliphatic rings. The van der Waals surface area contributed by atoms with Crippen LogP contribution >= 0.6 is 0 Å². The number of fused-ring (bicyclic) bond motifs is 2. The molecule has 0 atom stereocenters. The minimum Gasteiger partial charge on any atom is -0.380 e. The zero-order valence-electron chi connectivity index (χ0n) is 11.3. The second-order valence-corrected chi connectivity index (χ2v) is 5.43. The standard InChI is InChI=1S/C18H18O/c1-13(2)18(19)16-9-5-3-7-14(16)11-12-15-8-4-6-10-17(15)18/h3-13,19H,1-2H3. The van der Waals surface area contributed by atoms with E-state index in [-0.39, 0.29) is 5.92 Å². The van der Waals surface area contributed by atoms with Crippen molar-refractivity contribution in [3.8, 4) is 0 Å². The molecule has 0 radical (unpaired) electrons. The summed E-state index contributed by atoms with van der Waals surface area (Å²) in [5.41, 5.74) is 3.23. The van der Waals surface area contributed by atoms with Gasteiger partial charge in [0.15, 0.2) is 0 Å². The van der Waals surface area contributed by atoms with Gasteiger partial charge < -0.3 is 5.11 Å². The van der Waals surface area contributed by atoms with Gasteiger partial charge >= 0.3 is 0 Å². The Kier molecular flexibility index (Phi) is 2.79. The molecule has 2 aromatic carbocycles. The van der Waals surface area contributed by atoms with Gasteiger partial charge in [-0.15, -0.1) is 0 Å². The first kappa shape index (κ1) is 12.2. The Hall–Kier alpha value is -1.86. The molecule has 0 spiro atoms. The van der Waals surface area contributed by atoms with Gasteiger partial charge in [-0.1, -0.05) is 74.5 Å².